The Morgan fingerprint density at radius 3 is 1.94 bits per heavy atom. The molecule has 5 heteroatoms. The van der Waals surface area contributed by atoms with E-state index in [-0.39, 0.29) is 26.2 Å². The molecular weight excluding hydrogens is 276 g/mol. The van der Waals surface area contributed by atoms with Crippen molar-refractivity contribution in [3.05, 3.63) is 38.8 Å². The van der Waals surface area contributed by atoms with Crippen LogP contribution in [0.3, 0.4) is 0 Å². The van der Waals surface area contributed by atoms with Crippen molar-refractivity contribution in [2.45, 2.75) is 19.8 Å². The second kappa shape index (κ2) is 4.91. The van der Waals surface area contributed by atoms with Gasteiger partial charge < -0.3 is 0 Å². The Morgan fingerprint density at radius 2 is 1.62 bits per heavy atom. The lowest BCUT2D eigenvalue weighted by Gasteiger charge is -2.16. The third kappa shape index (κ3) is 2.88. The summed E-state index contributed by atoms with van der Waals surface area (Å²) in [6.45, 7) is 2.35. The van der Waals surface area contributed by atoms with Gasteiger partial charge in [0.2, 0.25) is 0 Å². The monoisotopic (exact) mass is 284 g/mol. The Kier molecular flexibility index (Phi) is 4.22. The van der Waals surface area contributed by atoms with Crippen LogP contribution in [-0.4, -0.2) is 5.92 Å². The maximum absolute atomic E-state index is 13.2. The molecule has 0 heterocycles. The topological polar surface area (TPSA) is 0 Å². The highest BCUT2D eigenvalue weighted by molar-refractivity contribution is 6.48. The van der Waals surface area contributed by atoms with Gasteiger partial charge in [0.05, 0.1) is 15.1 Å². The molecule has 0 aliphatic heterocycles. The van der Waals surface area contributed by atoms with Gasteiger partial charge in [0.15, 0.2) is 0 Å². The molecule has 0 spiro atoms. The van der Waals surface area contributed by atoms with Crippen LogP contribution in [0.5, 0.6) is 0 Å². The van der Waals surface area contributed by atoms with E-state index in [4.69, 9.17) is 34.8 Å². The Hall–Kier alpha value is -0.310. The van der Waals surface area contributed by atoms with Crippen molar-refractivity contribution in [1.29, 1.82) is 0 Å². The van der Waals surface area contributed by atoms with Gasteiger partial charge in [-0.1, -0.05) is 40.9 Å². The van der Waals surface area contributed by atoms with Crippen molar-refractivity contribution in [3.63, 3.8) is 0 Å². The van der Waals surface area contributed by atoms with Crippen LogP contribution in [0.4, 0.5) is 8.78 Å². The number of hydrogen-bond donors (Lipinski definition) is 0. The van der Waals surface area contributed by atoms with E-state index in [1.165, 1.54) is 25.1 Å². The first kappa shape index (κ1) is 13.8. The number of halogens is 5. The molecule has 0 nitrogen and oxygen atoms in total. The molecule has 0 aromatic heterocycles. The zero-order valence-electron chi connectivity index (χ0n) is 8.62. The van der Waals surface area contributed by atoms with Gasteiger partial charge in [-0.25, -0.2) is 8.78 Å². The SMILES string of the molecule is CC=C(c1cc(Cl)c(Cl)c(Cl)c1)C(C)(F)F. The molecule has 1 rings (SSSR count). The van der Waals surface area contributed by atoms with Gasteiger partial charge in [0.25, 0.3) is 5.92 Å². The summed E-state index contributed by atoms with van der Waals surface area (Å²) in [5.74, 6) is -2.95. The largest absolute Gasteiger partial charge is 0.270 e. The van der Waals surface area contributed by atoms with Gasteiger partial charge in [0.1, 0.15) is 0 Å². The van der Waals surface area contributed by atoms with Crippen molar-refractivity contribution >= 4 is 40.4 Å². The lowest BCUT2D eigenvalue weighted by molar-refractivity contribution is 0.0891. The molecule has 88 valence electrons. The van der Waals surface area contributed by atoms with Gasteiger partial charge in [-0.3, -0.25) is 0 Å². The molecule has 0 aliphatic rings. The Morgan fingerprint density at radius 1 is 1.19 bits per heavy atom. The van der Waals surface area contributed by atoms with Crippen LogP contribution in [0.1, 0.15) is 19.4 Å². The minimum atomic E-state index is -2.95. The fourth-order valence-electron chi connectivity index (χ4n) is 1.38. The van der Waals surface area contributed by atoms with Crippen LogP contribution in [-0.2, 0) is 0 Å². The van der Waals surface area contributed by atoms with Crippen LogP contribution < -0.4 is 0 Å². The molecule has 0 bridgehead atoms. The average Bonchev–Trinajstić information content (AvgIpc) is 2.12. The minimum Gasteiger partial charge on any atom is -0.202 e. The summed E-state index contributed by atoms with van der Waals surface area (Å²) in [4.78, 5) is 0. The number of allylic oxidation sites excluding steroid dienone is 2. The summed E-state index contributed by atoms with van der Waals surface area (Å²) < 4.78 is 26.5. The van der Waals surface area contributed by atoms with Gasteiger partial charge >= 0.3 is 0 Å². The van der Waals surface area contributed by atoms with Crippen molar-refractivity contribution in [3.8, 4) is 0 Å². The predicted molar refractivity (Wildman–Crippen MR) is 65.7 cm³/mol. The first-order chi connectivity index (χ1) is 7.27. The fraction of sp³-hybridized carbons (Fsp3) is 0.273. The molecule has 0 N–H and O–H groups in total. The third-order valence-electron chi connectivity index (χ3n) is 2.06. The lowest BCUT2D eigenvalue weighted by atomic mass is 10.0. The van der Waals surface area contributed by atoms with E-state index in [1.807, 2.05) is 0 Å². The summed E-state index contributed by atoms with van der Waals surface area (Å²) in [6.07, 6.45) is 1.33. The van der Waals surface area contributed by atoms with Crippen molar-refractivity contribution < 1.29 is 8.78 Å². The second-order valence-corrected chi connectivity index (χ2v) is 4.54. The lowest BCUT2D eigenvalue weighted by Crippen LogP contribution is -2.12. The number of rotatable bonds is 2. The van der Waals surface area contributed by atoms with Gasteiger partial charge in [0, 0.05) is 12.5 Å². The number of benzene rings is 1. The van der Waals surface area contributed by atoms with Crippen LogP contribution >= 0.6 is 34.8 Å². The standard InChI is InChI=1S/C11H9Cl3F2/c1-3-7(11(2,15)16)6-4-8(12)10(14)9(13)5-6/h3-5H,1-2H3. The van der Waals surface area contributed by atoms with Crippen molar-refractivity contribution in [1.82, 2.24) is 0 Å². The summed E-state index contributed by atoms with van der Waals surface area (Å²) in [5, 5.41) is 0.488. The second-order valence-electron chi connectivity index (χ2n) is 3.34. The van der Waals surface area contributed by atoms with E-state index in [2.05, 4.69) is 0 Å². The molecule has 0 radical (unpaired) electrons. The van der Waals surface area contributed by atoms with E-state index in [1.54, 1.807) is 0 Å². The Labute approximate surface area is 108 Å². The molecule has 0 unspecified atom stereocenters. The van der Waals surface area contributed by atoms with Crippen LogP contribution in [0.25, 0.3) is 5.57 Å². The maximum atomic E-state index is 13.2. The first-order valence-corrected chi connectivity index (χ1v) is 5.60. The van der Waals surface area contributed by atoms with Gasteiger partial charge in [-0.2, -0.15) is 0 Å². The van der Waals surface area contributed by atoms with Crippen LogP contribution in [0, 0.1) is 0 Å². The number of alkyl halides is 2. The minimum absolute atomic E-state index is 0.132. The first-order valence-electron chi connectivity index (χ1n) is 4.47. The molecule has 0 amide bonds. The molecule has 0 atom stereocenters. The van der Waals surface area contributed by atoms with Crippen LogP contribution in [0.2, 0.25) is 15.1 Å². The molecule has 16 heavy (non-hydrogen) atoms. The van der Waals surface area contributed by atoms with E-state index in [0.29, 0.717) is 0 Å². The molecule has 0 aliphatic carbocycles. The molecule has 1 aromatic rings. The van der Waals surface area contributed by atoms with E-state index >= 15 is 0 Å². The average molecular weight is 286 g/mol. The zero-order valence-corrected chi connectivity index (χ0v) is 10.9. The van der Waals surface area contributed by atoms with E-state index in [0.717, 1.165) is 6.92 Å². The molecule has 1 aromatic carbocycles. The quantitative estimate of drug-likeness (QED) is 0.611. The van der Waals surface area contributed by atoms with Crippen molar-refractivity contribution in [2.75, 3.05) is 0 Å². The van der Waals surface area contributed by atoms with Gasteiger partial charge in [-0.05, 0) is 24.6 Å². The summed E-state index contributed by atoms with van der Waals surface area (Å²) in [6, 6.07) is 2.75. The Bertz CT molecular complexity index is 410. The van der Waals surface area contributed by atoms with Crippen molar-refractivity contribution in [2.24, 2.45) is 0 Å². The smallest absolute Gasteiger partial charge is 0.202 e. The molecular formula is C11H9Cl3F2. The molecule has 0 fully saturated rings. The normalized spacial score (nSPS) is 13.1. The highest BCUT2D eigenvalue weighted by Crippen LogP contribution is 2.38. The maximum Gasteiger partial charge on any atom is 0.270 e. The zero-order chi connectivity index (χ0) is 12.5. The molecule has 0 saturated carbocycles. The van der Waals surface area contributed by atoms with Crippen LogP contribution in [0.15, 0.2) is 18.2 Å². The van der Waals surface area contributed by atoms with E-state index in [9.17, 15) is 8.78 Å². The highest BCUT2D eigenvalue weighted by atomic mass is 35.5. The highest BCUT2D eigenvalue weighted by Gasteiger charge is 2.28. The summed E-state index contributed by atoms with van der Waals surface area (Å²) >= 11 is 17.3. The third-order valence-corrected chi connectivity index (χ3v) is 3.25. The van der Waals surface area contributed by atoms with E-state index < -0.39 is 5.92 Å². The molecule has 0 saturated heterocycles. The summed E-state index contributed by atoms with van der Waals surface area (Å²) in [5.41, 5.74) is 0.141. The van der Waals surface area contributed by atoms with Gasteiger partial charge in [-0.15, -0.1) is 0 Å². The fourth-order valence-corrected chi connectivity index (χ4v) is 1.98. The predicted octanol–water partition coefficient (Wildman–Crippen LogP) is 5.71. The Balaban J connectivity index is 3.35. The summed E-state index contributed by atoms with van der Waals surface area (Å²) in [7, 11) is 0. The number of hydrogen-bond acceptors (Lipinski definition) is 0.